The third kappa shape index (κ3) is 3.00. The van der Waals surface area contributed by atoms with Crippen LogP contribution in [0.5, 0.6) is 17.2 Å². The SMILES string of the molecule is COc1cc(C(=O)NN2C(=O)NC3(CCC(C)CC3)C2=O)cc2c1OCCO2. The molecule has 0 unspecified atom stereocenters. The molecule has 1 saturated carbocycles. The van der Waals surface area contributed by atoms with Crippen LogP contribution in [0.4, 0.5) is 4.79 Å². The van der Waals surface area contributed by atoms with Crippen LogP contribution in [0.15, 0.2) is 12.1 Å². The molecule has 2 aliphatic heterocycles. The maximum absolute atomic E-state index is 12.9. The highest BCUT2D eigenvalue weighted by molar-refractivity contribution is 6.09. The zero-order chi connectivity index (χ0) is 19.9. The van der Waals surface area contributed by atoms with E-state index in [-0.39, 0.29) is 5.56 Å². The third-order valence-electron chi connectivity index (χ3n) is 5.59. The third-order valence-corrected chi connectivity index (χ3v) is 5.59. The van der Waals surface area contributed by atoms with Crippen LogP contribution in [-0.4, -0.2) is 48.7 Å². The molecule has 1 aliphatic carbocycles. The monoisotopic (exact) mass is 389 g/mol. The minimum Gasteiger partial charge on any atom is -0.493 e. The first-order valence-electron chi connectivity index (χ1n) is 9.39. The quantitative estimate of drug-likeness (QED) is 0.761. The van der Waals surface area contributed by atoms with Crippen LogP contribution < -0.4 is 25.0 Å². The summed E-state index contributed by atoms with van der Waals surface area (Å²) in [6.07, 6.45) is 2.85. The van der Waals surface area contributed by atoms with Crippen molar-refractivity contribution in [1.82, 2.24) is 15.8 Å². The van der Waals surface area contributed by atoms with Gasteiger partial charge in [-0.05, 0) is 43.7 Å². The number of imide groups is 1. The first kappa shape index (κ1) is 18.4. The first-order chi connectivity index (χ1) is 13.4. The van der Waals surface area contributed by atoms with Crippen molar-refractivity contribution in [2.75, 3.05) is 20.3 Å². The zero-order valence-electron chi connectivity index (χ0n) is 15.9. The molecule has 0 aromatic heterocycles. The molecule has 4 amide bonds. The zero-order valence-corrected chi connectivity index (χ0v) is 15.9. The second kappa shape index (κ2) is 6.88. The number of hydrogen-bond donors (Lipinski definition) is 2. The van der Waals surface area contributed by atoms with Gasteiger partial charge >= 0.3 is 6.03 Å². The summed E-state index contributed by atoms with van der Waals surface area (Å²) in [5, 5.41) is 3.55. The Morgan fingerprint density at radius 1 is 1.25 bits per heavy atom. The lowest BCUT2D eigenvalue weighted by Gasteiger charge is -2.33. The summed E-state index contributed by atoms with van der Waals surface area (Å²) in [4.78, 5) is 38.0. The van der Waals surface area contributed by atoms with Gasteiger partial charge in [-0.2, -0.15) is 5.01 Å². The largest absolute Gasteiger partial charge is 0.493 e. The van der Waals surface area contributed by atoms with Gasteiger partial charge in [0, 0.05) is 5.56 Å². The normalized spacial score (nSPS) is 26.2. The van der Waals surface area contributed by atoms with E-state index >= 15 is 0 Å². The van der Waals surface area contributed by atoms with Crippen molar-refractivity contribution >= 4 is 17.8 Å². The van der Waals surface area contributed by atoms with Crippen LogP contribution in [0.25, 0.3) is 0 Å². The van der Waals surface area contributed by atoms with Gasteiger partial charge in [0.25, 0.3) is 11.8 Å². The van der Waals surface area contributed by atoms with E-state index in [1.165, 1.54) is 19.2 Å². The molecule has 2 heterocycles. The molecule has 3 aliphatic rings. The maximum atomic E-state index is 12.9. The Morgan fingerprint density at radius 3 is 2.68 bits per heavy atom. The molecule has 0 bridgehead atoms. The van der Waals surface area contributed by atoms with Gasteiger partial charge in [-0.15, -0.1) is 0 Å². The molecule has 1 aromatic carbocycles. The lowest BCUT2D eigenvalue weighted by Crippen LogP contribution is -2.51. The molecule has 9 heteroatoms. The fourth-order valence-corrected chi connectivity index (χ4v) is 3.89. The minimum absolute atomic E-state index is 0.194. The predicted octanol–water partition coefficient (Wildman–Crippen LogP) is 1.61. The summed E-state index contributed by atoms with van der Waals surface area (Å²) in [6.45, 7) is 2.87. The molecule has 9 nitrogen and oxygen atoms in total. The lowest BCUT2D eigenvalue weighted by molar-refractivity contribution is -0.134. The molecule has 28 heavy (non-hydrogen) atoms. The van der Waals surface area contributed by atoms with Crippen molar-refractivity contribution in [3.05, 3.63) is 17.7 Å². The van der Waals surface area contributed by atoms with E-state index in [2.05, 4.69) is 17.7 Å². The van der Waals surface area contributed by atoms with Gasteiger partial charge in [0.2, 0.25) is 5.75 Å². The number of methoxy groups -OCH3 is 1. The molecule has 0 atom stereocenters. The standard InChI is InChI=1S/C19H23N3O6/c1-11-3-5-19(6-4-11)17(24)22(18(25)20-19)21-16(23)12-9-13(26-2)15-14(10-12)27-7-8-28-15/h9-11H,3-8H2,1-2H3,(H,20,25)(H,21,23). The van der Waals surface area contributed by atoms with Gasteiger partial charge in [0.05, 0.1) is 7.11 Å². The van der Waals surface area contributed by atoms with Gasteiger partial charge < -0.3 is 19.5 Å². The average Bonchev–Trinajstić information content (AvgIpc) is 2.93. The van der Waals surface area contributed by atoms with Crippen LogP contribution in [0.1, 0.15) is 43.0 Å². The highest BCUT2D eigenvalue weighted by Crippen LogP contribution is 2.40. The van der Waals surface area contributed by atoms with Crippen LogP contribution in [0, 0.1) is 5.92 Å². The van der Waals surface area contributed by atoms with Crippen molar-refractivity contribution in [2.24, 2.45) is 5.92 Å². The molecule has 150 valence electrons. The second-order valence-electron chi connectivity index (χ2n) is 7.48. The number of urea groups is 1. The highest BCUT2D eigenvalue weighted by Gasteiger charge is 2.53. The number of benzene rings is 1. The van der Waals surface area contributed by atoms with Crippen LogP contribution in [0.2, 0.25) is 0 Å². The number of carbonyl (C=O) groups is 3. The van der Waals surface area contributed by atoms with Crippen molar-refractivity contribution in [2.45, 2.75) is 38.1 Å². The van der Waals surface area contributed by atoms with Crippen molar-refractivity contribution in [3.8, 4) is 17.2 Å². The van der Waals surface area contributed by atoms with Gasteiger partial charge in [0.1, 0.15) is 18.8 Å². The number of fused-ring (bicyclic) bond motifs is 1. The second-order valence-corrected chi connectivity index (χ2v) is 7.48. The van der Waals surface area contributed by atoms with Gasteiger partial charge in [0.15, 0.2) is 11.5 Å². The number of hydrogen-bond acceptors (Lipinski definition) is 6. The molecule has 4 rings (SSSR count). The van der Waals surface area contributed by atoms with E-state index in [9.17, 15) is 14.4 Å². The van der Waals surface area contributed by atoms with Crippen LogP contribution in [0.3, 0.4) is 0 Å². The summed E-state index contributed by atoms with van der Waals surface area (Å²) in [7, 11) is 1.46. The Balaban J connectivity index is 1.54. The Bertz CT molecular complexity index is 814. The van der Waals surface area contributed by atoms with E-state index < -0.39 is 23.4 Å². The number of nitrogens with zero attached hydrogens (tertiary/aromatic N) is 1. The Morgan fingerprint density at radius 2 is 1.96 bits per heavy atom. The van der Waals surface area contributed by atoms with E-state index in [0.717, 1.165) is 17.9 Å². The molecular formula is C19H23N3O6. The number of ether oxygens (including phenoxy) is 3. The smallest absolute Gasteiger partial charge is 0.344 e. The lowest BCUT2D eigenvalue weighted by atomic mass is 9.77. The molecule has 2 N–H and O–H groups in total. The number of rotatable bonds is 3. The van der Waals surface area contributed by atoms with E-state index in [1.54, 1.807) is 0 Å². The summed E-state index contributed by atoms with van der Waals surface area (Å²) in [6, 6.07) is 2.37. The van der Waals surface area contributed by atoms with Crippen molar-refractivity contribution < 1.29 is 28.6 Å². The van der Waals surface area contributed by atoms with Gasteiger partial charge in [-0.3, -0.25) is 15.0 Å². The van der Waals surface area contributed by atoms with Crippen molar-refractivity contribution in [3.63, 3.8) is 0 Å². The number of amides is 4. The van der Waals surface area contributed by atoms with E-state index in [0.29, 0.717) is 49.2 Å². The number of carbonyl (C=O) groups excluding carboxylic acids is 3. The van der Waals surface area contributed by atoms with E-state index in [1.807, 2.05) is 0 Å². The molecule has 1 spiro atoms. The minimum atomic E-state index is -0.915. The number of hydrazine groups is 1. The fraction of sp³-hybridized carbons (Fsp3) is 0.526. The fourth-order valence-electron chi connectivity index (χ4n) is 3.89. The summed E-state index contributed by atoms with van der Waals surface area (Å²) < 4.78 is 16.3. The first-order valence-corrected chi connectivity index (χ1v) is 9.39. The Kier molecular flexibility index (Phi) is 4.52. The topological polar surface area (TPSA) is 106 Å². The molecule has 1 saturated heterocycles. The molecule has 2 fully saturated rings. The van der Waals surface area contributed by atoms with Gasteiger partial charge in [-0.25, -0.2) is 4.79 Å². The summed E-state index contributed by atoms with van der Waals surface area (Å²) >= 11 is 0. The maximum Gasteiger partial charge on any atom is 0.344 e. The molecular weight excluding hydrogens is 366 g/mol. The predicted molar refractivity (Wildman–Crippen MR) is 97.2 cm³/mol. The number of nitrogens with one attached hydrogen (secondary N) is 2. The van der Waals surface area contributed by atoms with Crippen LogP contribution in [-0.2, 0) is 4.79 Å². The molecule has 1 aromatic rings. The van der Waals surface area contributed by atoms with Crippen molar-refractivity contribution in [1.29, 1.82) is 0 Å². The molecule has 0 radical (unpaired) electrons. The van der Waals surface area contributed by atoms with Crippen LogP contribution >= 0.6 is 0 Å². The van der Waals surface area contributed by atoms with Gasteiger partial charge in [-0.1, -0.05) is 6.92 Å². The summed E-state index contributed by atoms with van der Waals surface area (Å²) in [5.41, 5.74) is 1.70. The summed E-state index contributed by atoms with van der Waals surface area (Å²) in [5.74, 6) is 0.643. The Labute approximate surface area is 162 Å². The Hall–Kier alpha value is -2.97. The van der Waals surface area contributed by atoms with E-state index in [4.69, 9.17) is 14.2 Å². The average molecular weight is 389 g/mol. The highest BCUT2D eigenvalue weighted by atomic mass is 16.6.